The first-order chi connectivity index (χ1) is 11.7. The van der Waals surface area contributed by atoms with E-state index in [9.17, 15) is 9.59 Å². The average Bonchev–Trinajstić information content (AvgIpc) is 2.58. The van der Waals surface area contributed by atoms with E-state index >= 15 is 0 Å². The van der Waals surface area contributed by atoms with Crippen molar-refractivity contribution in [1.82, 2.24) is 0 Å². The molecule has 0 unspecified atom stereocenters. The van der Waals surface area contributed by atoms with Gasteiger partial charge in [0.25, 0.3) is 0 Å². The van der Waals surface area contributed by atoms with Gasteiger partial charge in [0.15, 0.2) is 0 Å². The second kappa shape index (κ2) is 17.4. The summed E-state index contributed by atoms with van der Waals surface area (Å²) in [6.07, 6.45) is 8.51. The molecule has 0 aliphatic carbocycles. The van der Waals surface area contributed by atoms with Crippen LogP contribution in [0.3, 0.4) is 0 Å². The van der Waals surface area contributed by atoms with Crippen molar-refractivity contribution < 1.29 is 28.5 Å². The third-order valence-corrected chi connectivity index (χ3v) is 2.68. The number of unbranched alkanes of at least 4 members (excludes halogenated alkanes) is 2. The van der Waals surface area contributed by atoms with E-state index in [4.69, 9.17) is 18.9 Å². The fraction of sp³-hybridized carbons (Fsp3) is 0.556. The van der Waals surface area contributed by atoms with Crippen LogP contribution < -0.4 is 0 Å². The number of hydrogen-bond acceptors (Lipinski definition) is 6. The zero-order valence-corrected chi connectivity index (χ0v) is 14.2. The molecular weight excluding hydrogens is 312 g/mol. The number of carbonyl (C=O) groups is 2. The fourth-order valence-corrected chi connectivity index (χ4v) is 1.52. The summed E-state index contributed by atoms with van der Waals surface area (Å²) in [5.74, 6) is -1.12. The van der Waals surface area contributed by atoms with Gasteiger partial charge in [-0.1, -0.05) is 12.2 Å². The largest absolute Gasteiger partial charge is 0.463 e. The highest BCUT2D eigenvalue weighted by Crippen LogP contribution is 1.95. The van der Waals surface area contributed by atoms with E-state index in [2.05, 4.69) is 13.2 Å². The molecule has 0 saturated carbocycles. The van der Waals surface area contributed by atoms with Crippen LogP contribution in [0.1, 0.15) is 25.7 Å². The number of carbonyl (C=O) groups excluding carboxylic acids is 2. The Labute approximate surface area is 144 Å². The molecule has 6 nitrogen and oxygen atoms in total. The van der Waals surface area contributed by atoms with E-state index in [0.29, 0.717) is 52.5 Å². The smallest absolute Gasteiger partial charge is 0.331 e. The topological polar surface area (TPSA) is 71.1 Å². The number of ether oxygens (including phenoxy) is 4. The van der Waals surface area contributed by atoms with Crippen LogP contribution >= 0.6 is 0 Å². The first kappa shape index (κ1) is 22.1. The van der Waals surface area contributed by atoms with E-state index in [1.54, 1.807) is 12.2 Å². The zero-order chi connectivity index (χ0) is 17.9. The second-order valence-corrected chi connectivity index (χ2v) is 4.81. The Morgan fingerprint density at radius 1 is 0.667 bits per heavy atom. The Balaban J connectivity index is 3.51. The molecule has 0 aromatic heterocycles. The Hall–Kier alpha value is -1.92. The van der Waals surface area contributed by atoms with E-state index in [1.165, 1.54) is 0 Å². The predicted molar refractivity (Wildman–Crippen MR) is 91.6 cm³/mol. The molecule has 0 atom stereocenters. The summed E-state index contributed by atoms with van der Waals surface area (Å²) in [5, 5.41) is 0. The van der Waals surface area contributed by atoms with Gasteiger partial charge in [-0.25, -0.2) is 9.59 Å². The standard InChI is InChI=1S/C18H28O6/c1-3-11-21-13-5-7-15-23-17(19)9-10-18(20)24-16-8-6-14-22-12-4-2/h3-4,9-10H,1-2,5-8,11-16H2. The minimum atomic E-state index is -0.559. The molecule has 6 heteroatoms. The van der Waals surface area contributed by atoms with Crippen molar-refractivity contribution in [2.45, 2.75) is 25.7 Å². The molecule has 0 aliphatic heterocycles. The van der Waals surface area contributed by atoms with Crippen LogP contribution in [0.25, 0.3) is 0 Å². The molecule has 0 rings (SSSR count). The first-order valence-corrected chi connectivity index (χ1v) is 8.09. The van der Waals surface area contributed by atoms with Gasteiger partial charge in [0.2, 0.25) is 0 Å². The van der Waals surface area contributed by atoms with Gasteiger partial charge in [0, 0.05) is 25.4 Å². The van der Waals surface area contributed by atoms with E-state index in [0.717, 1.165) is 25.0 Å². The van der Waals surface area contributed by atoms with Crippen LogP contribution in [-0.4, -0.2) is 51.6 Å². The molecule has 0 N–H and O–H groups in total. The Bertz CT molecular complexity index is 353. The van der Waals surface area contributed by atoms with Gasteiger partial charge in [0.05, 0.1) is 26.4 Å². The summed E-state index contributed by atoms with van der Waals surface area (Å²) in [7, 11) is 0. The SMILES string of the molecule is C=CCOCCCCOC(=O)C=CC(=O)OCCCCOCC=C. The lowest BCUT2D eigenvalue weighted by Gasteiger charge is -2.03. The molecule has 0 amide bonds. The molecule has 24 heavy (non-hydrogen) atoms. The van der Waals surface area contributed by atoms with Crippen LogP contribution in [0.15, 0.2) is 37.5 Å². The summed E-state index contributed by atoms with van der Waals surface area (Å²) in [6.45, 7) is 9.91. The zero-order valence-electron chi connectivity index (χ0n) is 14.2. The van der Waals surface area contributed by atoms with Crippen molar-refractivity contribution in [3.63, 3.8) is 0 Å². The molecule has 0 aromatic rings. The molecular formula is C18H28O6. The van der Waals surface area contributed by atoms with Crippen LogP contribution in [0.2, 0.25) is 0 Å². The monoisotopic (exact) mass is 340 g/mol. The van der Waals surface area contributed by atoms with Gasteiger partial charge in [-0.2, -0.15) is 0 Å². The highest BCUT2D eigenvalue weighted by Gasteiger charge is 2.01. The third-order valence-electron chi connectivity index (χ3n) is 2.68. The highest BCUT2D eigenvalue weighted by atomic mass is 16.5. The van der Waals surface area contributed by atoms with Gasteiger partial charge < -0.3 is 18.9 Å². The van der Waals surface area contributed by atoms with Crippen molar-refractivity contribution in [3.8, 4) is 0 Å². The molecule has 0 fully saturated rings. The predicted octanol–water partition coefficient (Wildman–Crippen LogP) is 2.59. The summed E-state index contributed by atoms with van der Waals surface area (Å²) in [4.78, 5) is 22.7. The van der Waals surface area contributed by atoms with Crippen LogP contribution in [0, 0.1) is 0 Å². The Kier molecular flexibility index (Phi) is 16.0. The molecule has 0 saturated heterocycles. The highest BCUT2D eigenvalue weighted by molar-refractivity contribution is 5.91. The molecule has 136 valence electrons. The minimum absolute atomic E-state index is 0.292. The quantitative estimate of drug-likeness (QED) is 0.186. The Morgan fingerprint density at radius 2 is 1.04 bits per heavy atom. The van der Waals surface area contributed by atoms with Crippen LogP contribution in [0.5, 0.6) is 0 Å². The maximum absolute atomic E-state index is 11.4. The van der Waals surface area contributed by atoms with Crippen molar-refractivity contribution in [1.29, 1.82) is 0 Å². The molecule has 0 spiro atoms. The summed E-state index contributed by atoms with van der Waals surface area (Å²) in [6, 6.07) is 0. The molecule has 0 heterocycles. The number of rotatable bonds is 16. The summed E-state index contributed by atoms with van der Waals surface area (Å²) >= 11 is 0. The lowest BCUT2D eigenvalue weighted by molar-refractivity contribution is -0.140. The maximum atomic E-state index is 11.4. The van der Waals surface area contributed by atoms with Crippen LogP contribution in [0.4, 0.5) is 0 Å². The fourth-order valence-electron chi connectivity index (χ4n) is 1.52. The average molecular weight is 340 g/mol. The first-order valence-electron chi connectivity index (χ1n) is 8.09. The van der Waals surface area contributed by atoms with Crippen molar-refractivity contribution in [2.75, 3.05) is 39.6 Å². The molecule has 0 aliphatic rings. The lowest BCUT2D eigenvalue weighted by atomic mass is 10.3. The van der Waals surface area contributed by atoms with Gasteiger partial charge in [-0.3, -0.25) is 0 Å². The normalized spacial score (nSPS) is 10.5. The molecule has 0 aromatic carbocycles. The lowest BCUT2D eigenvalue weighted by Crippen LogP contribution is -2.07. The van der Waals surface area contributed by atoms with Crippen LogP contribution in [-0.2, 0) is 28.5 Å². The molecule has 0 bridgehead atoms. The number of esters is 2. The van der Waals surface area contributed by atoms with Gasteiger partial charge in [-0.15, -0.1) is 13.2 Å². The van der Waals surface area contributed by atoms with Gasteiger partial charge in [-0.05, 0) is 25.7 Å². The van der Waals surface area contributed by atoms with Gasteiger partial charge >= 0.3 is 11.9 Å². The number of hydrogen-bond donors (Lipinski definition) is 0. The van der Waals surface area contributed by atoms with E-state index < -0.39 is 11.9 Å². The Morgan fingerprint density at radius 3 is 1.42 bits per heavy atom. The summed E-state index contributed by atoms with van der Waals surface area (Å²) < 4.78 is 20.3. The van der Waals surface area contributed by atoms with Crippen molar-refractivity contribution >= 4 is 11.9 Å². The maximum Gasteiger partial charge on any atom is 0.331 e. The van der Waals surface area contributed by atoms with Crippen molar-refractivity contribution in [2.24, 2.45) is 0 Å². The second-order valence-electron chi connectivity index (χ2n) is 4.81. The van der Waals surface area contributed by atoms with E-state index in [1.807, 2.05) is 0 Å². The molecule has 0 radical (unpaired) electrons. The van der Waals surface area contributed by atoms with E-state index in [-0.39, 0.29) is 0 Å². The summed E-state index contributed by atoms with van der Waals surface area (Å²) in [5.41, 5.74) is 0. The van der Waals surface area contributed by atoms with Crippen molar-refractivity contribution in [3.05, 3.63) is 37.5 Å². The minimum Gasteiger partial charge on any atom is -0.463 e. The third kappa shape index (κ3) is 16.5. The van der Waals surface area contributed by atoms with Gasteiger partial charge in [0.1, 0.15) is 0 Å².